The van der Waals surface area contributed by atoms with Crippen LogP contribution in [0.1, 0.15) is 6.23 Å². The summed E-state index contributed by atoms with van der Waals surface area (Å²) in [7, 11) is 0. The highest BCUT2D eigenvalue weighted by molar-refractivity contribution is 8.00. The predicted molar refractivity (Wildman–Crippen MR) is 64.1 cm³/mol. The molecule has 0 spiro atoms. The van der Waals surface area contributed by atoms with Crippen LogP contribution in [-0.2, 0) is 9.53 Å². The van der Waals surface area contributed by atoms with Crippen LogP contribution in [0.25, 0.3) is 0 Å². The largest absolute Gasteiger partial charge is 0.479 e. The molecule has 3 N–H and O–H groups in total. The van der Waals surface area contributed by atoms with Gasteiger partial charge in [-0.2, -0.15) is 4.98 Å². The molecule has 0 aliphatic carbocycles. The number of nitrogen functional groups attached to an aromatic ring is 1. The van der Waals surface area contributed by atoms with E-state index in [1.165, 1.54) is 0 Å². The molecule has 10 heteroatoms. The summed E-state index contributed by atoms with van der Waals surface area (Å²) >= 11 is 1.01. The quantitative estimate of drug-likeness (QED) is 0.794. The van der Waals surface area contributed by atoms with Gasteiger partial charge in [0, 0.05) is 5.75 Å². The van der Waals surface area contributed by atoms with E-state index in [0.717, 1.165) is 22.5 Å². The number of halogens is 2. The van der Waals surface area contributed by atoms with E-state index < -0.39 is 35.0 Å². The monoisotopic (exact) mass is 297 g/mol. The molecule has 100 valence electrons. The zero-order valence-electron chi connectivity index (χ0n) is 8.78. The van der Waals surface area contributed by atoms with Crippen LogP contribution in [0.5, 0.6) is 0 Å². The van der Waals surface area contributed by atoms with Crippen molar-refractivity contribution in [2.45, 2.75) is 11.7 Å². The van der Waals surface area contributed by atoms with Crippen LogP contribution in [0.3, 0.4) is 0 Å². The SMILES string of the molecule is Cl.Nc1nc(=O)n([C@@H]2CS[C@H](C(=O)O)O2)cc1F. The van der Waals surface area contributed by atoms with E-state index in [2.05, 4.69) is 4.98 Å². The summed E-state index contributed by atoms with van der Waals surface area (Å²) in [5, 5.41) is 8.70. The fourth-order valence-electron chi connectivity index (χ4n) is 1.33. The zero-order valence-corrected chi connectivity index (χ0v) is 10.4. The van der Waals surface area contributed by atoms with Gasteiger partial charge in [0.1, 0.15) is 6.23 Å². The van der Waals surface area contributed by atoms with E-state index in [0.29, 0.717) is 0 Å². The number of nitrogens with zero attached hydrogens (tertiary/aromatic N) is 2. The number of nitrogens with two attached hydrogens (primary N) is 1. The summed E-state index contributed by atoms with van der Waals surface area (Å²) in [6.07, 6.45) is 0.0105. The predicted octanol–water partition coefficient (Wildman–Crippen LogP) is 0.0591. The number of carbonyl (C=O) groups is 1. The van der Waals surface area contributed by atoms with Gasteiger partial charge in [-0.1, -0.05) is 0 Å². The third-order valence-electron chi connectivity index (χ3n) is 2.12. The maximum atomic E-state index is 13.1. The van der Waals surface area contributed by atoms with Crippen molar-refractivity contribution in [3.63, 3.8) is 0 Å². The maximum absolute atomic E-state index is 13.1. The van der Waals surface area contributed by atoms with Crippen molar-refractivity contribution in [2.24, 2.45) is 0 Å². The number of carboxylic acid groups (broad SMARTS) is 1. The smallest absolute Gasteiger partial charge is 0.351 e. The molecule has 2 atom stereocenters. The lowest BCUT2D eigenvalue weighted by Crippen LogP contribution is -2.30. The molecular formula is C8H9ClFN3O4S. The molecule has 2 heterocycles. The third-order valence-corrected chi connectivity index (χ3v) is 3.21. The number of carboxylic acids is 1. The highest BCUT2D eigenvalue weighted by Gasteiger charge is 2.33. The Hall–Kier alpha value is -1.32. The summed E-state index contributed by atoms with van der Waals surface area (Å²) in [5.74, 6) is -2.26. The minimum Gasteiger partial charge on any atom is -0.479 e. The second kappa shape index (κ2) is 5.55. The highest BCUT2D eigenvalue weighted by atomic mass is 35.5. The Morgan fingerprint density at radius 2 is 2.39 bits per heavy atom. The summed E-state index contributed by atoms with van der Waals surface area (Å²) in [5.41, 5.74) is 3.28. The van der Waals surface area contributed by atoms with Crippen LogP contribution in [-0.4, -0.2) is 31.8 Å². The zero-order chi connectivity index (χ0) is 12.6. The standard InChI is InChI=1S/C8H8FN3O4S.ClH/c9-3-1-12(8(15)11-5(3)10)4-2-17-7(16-4)6(13)14;/h1,4,7H,2H2,(H,13,14)(H2,10,11,15);1H/t4-,7+;/m0./s1. The Bertz CT molecular complexity index is 526. The number of rotatable bonds is 2. The fourth-order valence-corrected chi connectivity index (χ4v) is 2.26. The van der Waals surface area contributed by atoms with Crippen LogP contribution >= 0.6 is 24.2 Å². The van der Waals surface area contributed by atoms with Crippen LogP contribution < -0.4 is 11.4 Å². The molecule has 1 aromatic heterocycles. The van der Waals surface area contributed by atoms with Crippen molar-refractivity contribution >= 4 is 36.0 Å². The van der Waals surface area contributed by atoms with Gasteiger partial charge in [-0.05, 0) is 0 Å². The maximum Gasteiger partial charge on any atom is 0.351 e. The van der Waals surface area contributed by atoms with Gasteiger partial charge in [-0.25, -0.2) is 14.0 Å². The molecule has 0 saturated carbocycles. The summed E-state index contributed by atoms with van der Waals surface area (Å²) < 4.78 is 19.1. The lowest BCUT2D eigenvalue weighted by molar-refractivity contribution is -0.147. The lowest BCUT2D eigenvalue weighted by Gasteiger charge is -2.12. The van der Waals surface area contributed by atoms with Gasteiger partial charge in [-0.3, -0.25) is 4.57 Å². The summed E-state index contributed by atoms with van der Waals surface area (Å²) in [4.78, 5) is 25.3. The Kier molecular flexibility index (Phi) is 4.54. The molecule has 0 amide bonds. The van der Waals surface area contributed by atoms with Gasteiger partial charge in [0.25, 0.3) is 0 Å². The normalized spacial score (nSPS) is 22.5. The summed E-state index contributed by atoms with van der Waals surface area (Å²) in [6, 6.07) is 0. The van der Waals surface area contributed by atoms with Gasteiger partial charge in [0.15, 0.2) is 11.6 Å². The Labute approximate surface area is 111 Å². The van der Waals surface area contributed by atoms with Crippen molar-refractivity contribution < 1.29 is 19.0 Å². The first-order chi connectivity index (χ1) is 7.99. The number of ether oxygens (including phenoxy) is 1. The first-order valence-corrected chi connectivity index (χ1v) is 5.58. The van der Waals surface area contributed by atoms with Gasteiger partial charge >= 0.3 is 11.7 Å². The van der Waals surface area contributed by atoms with Gasteiger partial charge in [0.05, 0.1) is 6.20 Å². The fraction of sp³-hybridized carbons (Fsp3) is 0.375. The number of hydrogen-bond acceptors (Lipinski definition) is 6. The van der Waals surface area contributed by atoms with Crippen LogP contribution in [0.15, 0.2) is 11.0 Å². The van der Waals surface area contributed by atoms with Crippen LogP contribution in [0.2, 0.25) is 0 Å². The first-order valence-electron chi connectivity index (χ1n) is 4.53. The summed E-state index contributed by atoms with van der Waals surface area (Å²) in [6.45, 7) is 0. The van der Waals surface area contributed by atoms with Gasteiger partial charge in [0.2, 0.25) is 5.44 Å². The van der Waals surface area contributed by atoms with E-state index >= 15 is 0 Å². The number of thioether (sulfide) groups is 1. The second-order valence-corrected chi connectivity index (χ2v) is 4.35. The van der Waals surface area contributed by atoms with Crippen molar-refractivity contribution in [3.8, 4) is 0 Å². The molecule has 1 aromatic rings. The Morgan fingerprint density at radius 3 is 2.94 bits per heavy atom. The Morgan fingerprint density at radius 1 is 1.72 bits per heavy atom. The molecule has 0 aromatic carbocycles. The number of hydrogen-bond donors (Lipinski definition) is 2. The molecule has 1 aliphatic heterocycles. The average molecular weight is 298 g/mol. The minimum absolute atomic E-state index is 0. The van der Waals surface area contributed by atoms with E-state index in [-0.39, 0.29) is 18.2 Å². The molecule has 0 radical (unpaired) electrons. The average Bonchev–Trinajstić information content (AvgIpc) is 2.72. The first kappa shape index (κ1) is 14.7. The number of anilines is 1. The van der Waals surface area contributed by atoms with Gasteiger partial charge < -0.3 is 15.6 Å². The van der Waals surface area contributed by atoms with Crippen LogP contribution in [0.4, 0.5) is 10.2 Å². The van der Waals surface area contributed by atoms with E-state index in [1.807, 2.05) is 0 Å². The molecule has 0 unspecified atom stereocenters. The van der Waals surface area contributed by atoms with Crippen molar-refractivity contribution in [1.29, 1.82) is 0 Å². The van der Waals surface area contributed by atoms with Gasteiger partial charge in [-0.15, -0.1) is 24.2 Å². The molecule has 1 fully saturated rings. The number of aromatic nitrogens is 2. The van der Waals surface area contributed by atoms with Crippen LogP contribution in [0, 0.1) is 5.82 Å². The topological polar surface area (TPSA) is 107 Å². The lowest BCUT2D eigenvalue weighted by atomic mass is 10.5. The minimum atomic E-state index is -1.14. The van der Waals surface area contributed by atoms with Crippen molar-refractivity contribution in [1.82, 2.24) is 9.55 Å². The highest BCUT2D eigenvalue weighted by Crippen LogP contribution is 2.31. The molecular weight excluding hydrogens is 289 g/mol. The third kappa shape index (κ3) is 2.74. The van der Waals surface area contributed by atoms with Crippen molar-refractivity contribution in [3.05, 3.63) is 22.5 Å². The van der Waals surface area contributed by atoms with E-state index in [9.17, 15) is 14.0 Å². The molecule has 2 rings (SSSR count). The number of aliphatic carboxylic acids is 1. The second-order valence-electron chi connectivity index (χ2n) is 3.26. The molecule has 0 bridgehead atoms. The molecule has 7 nitrogen and oxygen atoms in total. The molecule has 1 saturated heterocycles. The van der Waals surface area contributed by atoms with Crippen molar-refractivity contribution in [2.75, 3.05) is 11.5 Å². The Balaban J connectivity index is 0.00000162. The van der Waals surface area contributed by atoms with E-state index in [4.69, 9.17) is 15.6 Å². The molecule has 1 aliphatic rings. The van der Waals surface area contributed by atoms with E-state index in [1.54, 1.807) is 0 Å². The molecule has 18 heavy (non-hydrogen) atoms.